The number of amidine groups is 1. The molecule has 1 saturated carbocycles. The molecule has 3 atom stereocenters. The van der Waals surface area contributed by atoms with Crippen LogP contribution in [-0.4, -0.2) is 21.5 Å². The van der Waals surface area contributed by atoms with Crippen LogP contribution in [-0.2, 0) is 6.61 Å². The molecule has 7 heteroatoms. The normalized spacial score (nSPS) is 25.7. The van der Waals surface area contributed by atoms with Gasteiger partial charge in [-0.05, 0) is 47.6 Å². The smallest absolute Gasteiger partial charge is 0.175 e. The predicted molar refractivity (Wildman–Crippen MR) is 145 cm³/mol. The lowest BCUT2D eigenvalue weighted by molar-refractivity contribution is 0.306. The Morgan fingerprint density at radius 3 is 2.26 bits per heavy atom. The first-order valence-corrected chi connectivity index (χ1v) is 14.2. The van der Waals surface area contributed by atoms with E-state index in [9.17, 15) is 10.5 Å². The van der Waals surface area contributed by atoms with Crippen LogP contribution >= 0.6 is 23.5 Å². The van der Waals surface area contributed by atoms with Crippen molar-refractivity contribution in [3.8, 4) is 17.9 Å². The fourth-order valence-corrected chi connectivity index (χ4v) is 8.78. The van der Waals surface area contributed by atoms with Crippen LogP contribution in [0.25, 0.3) is 0 Å². The number of fused-ring (bicyclic) bond motifs is 1. The maximum atomic E-state index is 10.7. The van der Waals surface area contributed by atoms with Crippen molar-refractivity contribution < 1.29 is 4.74 Å². The third kappa shape index (κ3) is 4.09. The van der Waals surface area contributed by atoms with Gasteiger partial charge in [-0.1, -0.05) is 69.2 Å². The Morgan fingerprint density at radius 1 is 0.971 bits per heavy atom. The Kier molecular flexibility index (Phi) is 7.69. The second-order valence-electron chi connectivity index (χ2n) is 9.10. The largest absolute Gasteiger partial charge is 0.489 e. The first-order valence-electron chi connectivity index (χ1n) is 12.3. The van der Waals surface area contributed by atoms with Crippen LogP contribution in [0.5, 0.6) is 5.75 Å². The molecular weight excluding hydrogens is 472 g/mol. The van der Waals surface area contributed by atoms with Crippen LogP contribution in [0.15, 0.2) is 59.6 Å². The minimum Gasteiger partial charge on any atom is -0.489 e. The van der Waals surface area contributed by atoms with Gasteiger partial charge in [-0.2, -0.15) is 10.5 Å². The van der Waals surface area contributed by atoms with Gasteiger partial charge in [0.05, 0.1) is 12.1 Å². The number of rotatable bonds is 12. The van der Waals surface area contributed by atoms with Gasteiger partial charge in [0.1, 0.15) is 29.0 Å². The molecule has 5 nitrogen and oxygen atoms in total. The van der Waals surface area contributed by atoms with Crippen LogP contribution in [0.4, 0.5) is 0 Å². The fraction of sp³-hybridized carbons (Fsp3) is 0.464. The van der Waals surface area contributed by atoms with Gasteiger partial charge in [-0.3, -0.25) is 0 Å². The van der Waals surface area contributed by atoms with E-state index < -0.39 is 15.0 Å². The molecule has 0 aromatic heterocycles. The van der Waals surface area contributed by atoms with Crippen LogP contribution in [0.2, 0.25) is 0 Å². The molecule has 4 rings (SSSR count). The molecule has 0 radical (unpaired) electrons. The number of benzene rings is 2. The van der Waals surface area contributed by atoms with E-state index in [4.69, 9.17) is 15.5 Å². The molecule has 0 spiro atoms. The summed E-state index contributed by atoms with van der Waals surface area (Å²) < 4.78 is 5.29. The number of nitrogens with zero attached hydrogens (tertiary/aromatic N) is 3. The van der Waals surface area contributed by atoms with E-state index in [0.29, 0.717) is 12.4 Å². The van der Waals surface area contributed by atoms with Crippen LogP contribution in [0.1, 0.15) is 56.6 Å². The van der Waals surface area contributed by atoms with Gasteiger partial charge < -0.3 is 10.5 Å². The summed E-state index contributed by atoms with van der Waals surface area (Å²) in [5.74, 6) is 2.44. The van der Waals surface area contributed by atoms with Gasteiger partial charge >= 0.3 is 0 Å². The van der Waals surface area contributed by atoms with Crippen molar-refractivity contribution in [3.05, 3.63) is 65.7 Å². The van der Waals surface area contributed by atoms with E-state index >= 15 is 0 Å². The predicted octanol–water partition coefficient (Wildman–Crippen LogP) is 6.47. The number of hydrogen-bond donors (Lipinski definition) is 1. The summed E-state index contributed by atoms with van der Waals surface area (Å²) in [6, 6.07) is 22.9. The molecule has 1 fully saturated rings. The van der Waals surface area contributed by atoms with Crippen molar-refractivity contribution in [1.82, 2.24) is 0 Å². The number of thioether (sulfide) groups is 2. The maximum absolute atomic E-state index is 10.7. The van der Waals surface area contributed by atoms with Gasteiger partial charge in [0, 0.05) is 5.92 Å². The van der Waals surface area contributed by atoms with Crippen molar-refractivity contribution in [2.75, 3.05) is 11.5 Å². The standard InChI is InChI=1S/C28H32N4OS2/c1-3-5-15-34-28(35-16-6-4-2)27(20-30)24(26(27,19-29)25(31)32-28)22-13-10-14-23(17-22)33-18-21-11-8-7-9-12-21/h7-14,17,24H,3-6,15-16,18H2,1-2H3,(H2,31,32). The Hall–Kier alpha value is -2.61. The Labute approximate surface area is 217 Å². The first kappa shape index (κ1) is 25.5. The van der Waals surface area contributed by atoms with Crippen molar-refractivity contribution in [1.29, 1.82) is 10.5 Å². The number of aliphatic imine (C=N–C) groups is 1. The van der Waals surface area contributed by atoms with E-state index in [-0.39, 0.29) is 5.92 Å². The van der Waals surface area contributed by atoms with Crippen molar-refractivity contribution >= 4 is 29.4 Å². The number of nitrogens with two attached hydrogens (primary N) is 1. The van der Waals surface area contributed by atoms with Gasteiger partial charge in [0.2, 0.25) is 0 Å². The molecule has 2 aliphatic rings. The fourth-order valence-electron chi connectivity index (χ4n) is 5.09. The molecule has 1 heterocycles. The van der Waals surface area contributed by atoms with Gasteiger partial charge in [-0.15, -0.1) is 23.5 Å². The lowest BCUT2D eigenvalue weighted by Crippen LogP contribution is -2.32. The third-order valence-electron chi connectivity index (χ3n) is 6.96. The van der Waals surface area contributed by atoms with E-state index in [1.807, 2.05) is 54.6 Å². The summed E-state index contributed by atoms with van der Waals surface area (Å²) in [4.78, 5) is 4.90. The maximum Gasteiger partial charge on any atom is 0.175 e. The summed E-state index contributed by atoms with van der Waals surface area (Å²) >= 11 is 3.40. The number of hydrogen-bond acceptors (Lipinski definition) is 7. The molecule has 1 aliphatic carbocycles. The number of nitriles is 2. The monoisotopic (exact) mass is 504 g/mol. The second-order valence-corrected chi connectivity index (χ2v) is 11.9. The summed E-state index contributed by atoms with van der Waals surface area (Å²) in [6.07, 6.45) is 4.19. The highest BCUT2D eigenvalue weighted by atomic mass is 32.2. The third-order valence-corrected chi connectivity index (χ3v) is 10.3. The van der Waals surface area contributed by atoms with E-state index in [2.05, 4.69) is 26.0 Å². The van der Waals surface area contributed by atoms with Gasteiger partial charge in [-0.25, -0.2) is 4.99 Å². The Morgan fingerprint density at radius 2 is 1.66 bits per heavy atom. The van der Waals surface area contributed by atoms with Gasteiger partial charge in [0.25, 0.3) is 0 Å². The average molecular weight is 505 g/mol. The molecule has 2 N–H and O–H groups in total. The Balaban J connectivity index is 1.69. The van der Waals surface area contributed by atoms with E-state index in [1.165, 1.54) is 0 Å². The average Bonchev–Trinajstić information content (AvgIpc) is 3.47. The molecule has 182 valence electrons. The molecule has 0 saturated heterocycles. The minimum absolute atomic E-state index is 0.301. The highest BCUT2D eigenvalue weighted by Crippen LogP contribution is 2.85. The van der Waals surface area contributed by atoms with Crippen LogP contribution in [0, 0.1) is 33.5 Å². The molecule has 0 amide bonds. The molecule has 0 bridgehead atoms. The molecule has 35 heavy (non-hydrogen) atoms. The van der Waals surface area contributed by atoms with Crippen molar-refractivity contribution in [2.45, 2.75) is 56.3 Å². The summed E-state index contributed by atoms with van der Waals surface area (Å²) in [5.41, 5.74) is 6.40. The topological polar surface area (TPSA) is 95.2 Å². The van der Waals surface area contributed by atoms with Crippen molar-refractivity contribution in [2.24, 2.45) is 21.6 Å². The first-order chi connectivity index (χ1) is 17.0. The molecule has 3 unspecified atom stereocenters. The number of ether oxygens (including phenoxy) is 1. The van der Waals surface area contributed by atoms with E-state index in [0.717, 1.165) is 54.1 Å². The lowest BCUT2D eigenvalue weighted by atomic mass is 9.97. The zero-order chi connectivity index (χ0) is 24.9. The highest BCUT2D eigenvalue weighted by molar-refractivity contribution is 8.18. The lowest BCUT2D eigenvalue weighted by Gasteiger charge is -2.32. The number of unbranched alkanes of at least 4 members (excludes halogenated alkanes) is 2. The molecule has 2 aromatic carbocycles. The van der Waals surface area contributed by atoms with Crippen molar-refractivity contribution in [3.63, 3.8) is 0 Å². The minimum atomic E-state index is -1.11. The molecule has 1 aliphatic heterocycles. The quantitative estimate of drug-likeness (QED) is 0.263. The highest BCUT2D eigenvalue weighted by Gasteiger charge is 2.91. The van der Waals surface area contributed by atoms with Crippen LogP contribution in [0.3, 0.4) is 0 Å². The summed E-state index contributed by atoms with van der Waals surface area (Å²) in [5, 5.41) is 21.1. The molecule has 2 aromatic rings. The molecular formula is C28H32N4OS2. The SMILES string of the molecule is CCCCSC1(SCCCC)N=C(N)C2(C#N)C(c3cccc(OCc4ccccc4)c3)C12C#N. The second kappa shape index (κ2) is 10.6. The zero-order valence-electron chi connectivity index (χ0n) is 20.4. The Bertz CT molecular complexity index is 1150. The summed E-state index contributed by atoms with van der Waals surface area (Å²) in [6.45, 7) is 4.77. The van der Waals surface area contributed by atoms with Gasteiger partial charge in [0.15, 0.2) is 4.20 Å². The zero-order valence-corrected chi connectivity index (χ0v) is 22.0. The van der Waals surface area contributed by atoms with Crippen LogP contribution < -0.4 is 10.5 Å². The van der Waals surface area contributed by atoms with E-state index in [1.54, 1.807) is 23.5 Å². The summed E-state index contributed by atoms with van der Waals surface area (Å²) in [7, 11) is 0.